The number of carbonyl (C=O) groups is 1. The number of rotatable bonds is 5. The van der Waals surface area contributed by atoms with Crippen LogP contribution >= 0.6 is 11.5 Å². The van der Waals surface area contributed by atoms with Crippen molar-refractivity contribution >= 4 is 38.2 Å². The molecule has 9 heteroatoms. The van der Waals surface area contributed by atoms with Gasteiger partial charge in [0.25, 0.3) is 5.91 Å². The van der Waals surface area contributed by atoms with E-state index < -0.39 is 9.84 Å². The first-order chi connectivity index (χ1) is 11.9. The number of benzene rings is 1. The molecule has 0 aliphatic heterocycles. The monoisotopic (exact) mass is 377 g/mol. The Morgan fingerprint density at radius 1 is 1.40 bits per heavy atom. The quantitative estimate of drug-likeness (QED) is 0.733. The molecule has 0 bridgehead atoms. The van der Waals surface area contributed by atoms with Crippen LogP contribution < -0.4 is 5.32 Å². The number of aryl methyl sites for hydroxylation is 1. The summed E-state index contributed by atoms with van der Waals surface area (Å²) >= 11 is 1.06. The van der Waals surface area contributed by atoms with Gasteiger partial charge >= 0.3 is 0 Å². The lowest BCUT2D eigenvalue weighted by Crippen LogP contribution is -2.25. The summed E-state index contributed by atoms with van der Waals surface area (Å²) in [6.07, 6.45) is 3.31. The maximum atomic E-state index is 12.6. The molecular formula is C16H15N3O4S2. The highest BCUT2D eigenvalue weighted by Crippen LogP contribution is 2.29. The van der Waals surface area contributed by atoms with Gasteiger partial charge in [-0.3, -0.25) is 4.79 Å². The molecule has 0 atom stereocenters. The second-order valence-electron chi connectivity index (χ2n) is 6.06. The summed E-state index contributed by atoms with van der Waals surface area (Å²) in [6, 6.07) is 4.86. The molecule has 2 heterocycles. The van der Waals surface area contributed by atoms with Crippen molar-refractivity contribution in [3.8, 4) is 0 Å². The SMILES string of the molecule is Cc1c(C(=O)NC2CC2)oc2ccc(S(=O)(=O)Cc3ncns3)cc12. The van der Waals surface area contributed by atoms with Crippen molar-refractivity contribution in [1.82, 2.24) is 14.7 Å². The van der Waals surface area contributed by atoms with E-state index in [9.17, 15) is 13.2 Å². The minimum Gasteiger partial charge on any atom is -0.451 e. The van der Waals surface area contributed by atoms with Crippen LogP contribution in [0.25, 0.3) is 11.0 Å². The first-order valence-corrected chi connectivity index (χ1v) is 10.2. The third kappa shape index (κ3) is 3.16. The lowest BCUT2D eigenvalue weighted by molar-refractivity contribution is 0.0924. The predicted molar refractivity (Wildman–Crippen MR) is 92.2 cm³/mol. The summed E-state index contributed by atoms with van der Waals surface area (Å²) in [7, 11) is -3.55. The van der Waals surface area contributed by atoms with E-state index in [0.29, 0.717) is 21.5 Å². The smallest absolute Gasteiger partial charge is 0.287 e. The molecule has 1 aliphatic carbocycles. The number of carbonyl (C=O) groups excluding carboxylic acids is 1. The van der Waals surface area contributed by atoms with Gasteiger partial charge in [0.2, 0.25) is 0 Å². The average Bonchev–Trinajstić information content (AvgIpc) is 3.12. The van der Waals surface area contributed by atoms with Gasteiger partial charge in [-0.25, -0.2) is 13.4 Å². The molecule has 1 fully saturated rings. The molecule has 130 valence electrons. The lowest BCUT2D eigenvalue weighted by Gasteiger charge is -2.02. The Balaban J connectivity index is 1.69. The zero-order valence-electron chi connectivity index (χ0n) is 13.4. The summed E-state index contributed by atoms with van der Waals surface area (Å²) in [5.74, 6) is -0.218. The number of furan rings is 1. The molecule has 0 saturated heterocycles. The predicted octanol–water partition coefficient (Wildman–Crippen LogP) is 2.46. The third-order valence-corrected chi connectivity index (χ3v) is 6.57. The number of fused-ring (bicyclic) bond motifs is 1. The number of sulfone groups is 1. The lowest BCUT2D eigenvalue weighted by atomic mass is 10.1. The van der Waals surface area contributed by atoms with Crippen LogP contribution in [-0.2, 0) is 15.6 Å². The average molecular weight is 377 g/mol. The van der Waals surface area contributed by atoms with Gasteiger partial charge in [0.15, 0.2) is 15.6 Å². The van der Waals surface area contributed by atoms with Gasteiger partial charge < -0.3 is 9.73 Å². The standard InChI is InChI=1S/C16H15N3O4S2/c1-9-12-6-11(25(21,22)7-14-17-8-18-24-14)4-5-13(12)23-15(9)16(20)19-10-2-3-10/h4-6,8,10H,2-3,7H2,1H3,(H,19,20). The Labute approximate surface area is 148 Å². The summed E-state index contributed by atoms with van der Waals surface area (Å²) < 4.78 is 34.6. The van der Waals surface area contributed by atoms with E-state index >= 15 is 0 Å². The molecule has 4 rings (SSSR count). The minimum absolute atomic E-state index is 0.174. The maximum Gasteiger partial charge on any atom is 0.287 e. The highest BCUT2D eigenvalue weighted by molar-refractivity contribution is 7.90. The van der Waals surface area contributed by atoms with Crippen LogP contribution in [0.3, 0.4) is 0 Å². The highest BCUT2D eigenvalue weighted by atomic mass is 32.2. The fourth-order valence-corrected chi connectivity index (χ4v) is 4.72. The van der Waals surface area contributed by atoms with Crippen LogP contribution in [-0.4, -0.2) is 29.7 Å². The summed E-state index contributed by atoms with van der Waals surface area (Å²) in [5, 5.41) is 3.94. The van der Waals surface area contributed by atoms with Crippen LogP contribution in [0.4, 0.5) is 0 Å². The number of nitrogens with zero attached hydrogens (tertiary/aromatic N) is 2. The normalized spacial score (nSPS) is 14.8. The molecule has 0 radical (unpaired) electrons. The Morgan fingerprint density at radius 2 is 2.20 bits per heavy atom. The first kappa shape index (κ1) is 16.2. The number of hydrogen-bond acceptors (Lipinski definition) is 7. The Hall–Kier alpha value is -2.26. The van der Waals surface area contributed by atoms with E-state index in [4.69, 9.17) is 4.42 Å². The van der Waals surface area contributed by atoms with E-state index in [2.05, 4.69) is 14.7 Å². The molecular weight excluding hydrogens is 362 g/mol. The van der Waals surface area contributed by atoms with Crippen molar-refractivity contribution in [2.45, 2.75) is 36.5 Å². The molecule has 0 unspecified atom stereocenters. The van der Waals surface area contributed by atoms with Crippen molar-refractivity contribution in [1.29, 1.82) is 0 Å². The Morgan fingerprint density at radius 3 is 2.88 bits per heavy atom. The molecule has 1 aliphatic rings. The zero-order valence-corrected chi connectivity index (χ0v) is 15.0. The Bertz CT molecular complexity index is 1050. The van der Waals surface area contributed by atoms with Crippen LogP contribution in [0.1, 0.15) is 34.0 Å². The van der Waals surface area contributed by atoms with Crippen molar-refractivity contribution in [3.63, 3.8) is 0 Å². The van der Waals surface area contributed by atoms with E-state index in [-0.39, 0.29) is 28.4 Å². The van der Waals surface area contributed by atoms with Gasteiger partial charge in [0.05, 0.1) is 4.90 Å². The molecule has 1 amide bonds. The number of hydrogen-bond donors (Lipinski definition) is 1. The summed E-state index contributed by atoms with van der Waals surface area (Å²) in [5.41, 5.74) is 1.13. The van der Waals surface area contributed by atoms with Gasteiger partial charge in [-0.1, -0.05) is 0 Å². The fourth-order valence-electron chi connectivity index (χ4n) is 2.59. The van der Waals surface area contributed by atoms with Gasteiger partial charge in [0, 0.05) is 17.0 Å². The largest absolute Gasteiger partial charge is 0.451 e. The zero-order chi connectivity index (χ0) is 17.6. The molecule has 1 saturated carbocycles. The third-order valence-electron chi connectivity index (χ3n) is 4.11. The van der Waals surface area contributed by atoms with Crippen molar-refractivity contribution < 1.29 is 17.6 Å². The number of nitrogens with one attached hydrogen (secondary N) is 1. The van der Waals surface area contributed by atoms with Gasteiger partial charge in [0.1, 0.15) is 22.7 Å². The van der Waals surface area contributed by atoms with Gasteiger partial charge in [-0.05, 0) is 49.5 Å². The molecule has 7 nitrogen and oxygen atoms in total. The van der Waals surface area contributed by atoms with Crippen LogP contribution in [0.15, 0.2) is 33.8 Å². The van der Waals surface area contributed by atoms with Gasteiger partial charge in [-0.15, -0.1) is 0 Å². The van der Waals surface area contributed by atoms with E-state index in [0.717, 1.165) is 24.4 Å². The summed E-state index contributed by atoms with van der Waals surface area (Å²) in [6.45, 7) is 1.76. The molecule has 0 spiro atoms. The van der Waals surface area contributed by atoms with Crippen molar-refractivity contribution in [2.75, 3.05) is 0 Å². The van der Waals surface area contributed by atoms with Crippen LogP contribution in [0, 0.1) is 6.92 Å². The van der Waals surface area contributed by atoms with Crippen molar-refractivity contribution in [2.24, 2.45) is 0 Å². The molecule has 3 aromatic rings. The fraction of sp³-hybridized carbons (Fsp3) is 0.312. The maximum absolute atomic E-state index is 12.6. The molecule has 1 N–H and O–H groups in total. The number of aromatic nitrogens is 2. The second kappa shape index (κ2) is 5.92. The van der Waals surface area contributed by atoms with E-state index in [1.807, 2.05) is 0 Å². The van der Waals surface area contributed by atoms with Gasteiger partial charge in [-0.2, -0.15) is 4.37 Å². The van der Waals surface area contributed by atoms with Crippen LogP contribution in [0.5, 0.6) is 0 Å². The minimum atomic E-state index is -3.55. The second-order valence-corrected chi connectivity index (χ2v) is 8.91. The first-order valence-electron chi connectivity index (χ1n) is 7.76. The molecule has 2 aromatic heterocycles. The van der Waals surface area contributed by atoms with Crippen LogP contribution in [0.2, 0.25) is 0 Å². The molecule has 1 aromatic carbocycles. The summed E-state index contributed by atoms with van der Waals surface area (Å²) in [4.78, 5) is 16.3. The van der Waals surface area contributed by atoms with E-state index in [1.165, 1.54) is 12.4 Å². The van der Waals surface area contributed by atoms with E-state index in [1.54, 1.807) is 19.1 Å². The Kier molecular flexibility index (Phi) is 3.84. The highest BCUT2D eigenvalue weighted by Gasteiger charge is 2.27. The number of amides is 1. The molecule has 25 heavy (non-hydrogen) atoms. The van der Waals surface area contributed by atoms with Crippen molar-refractivity contribution in [3.05, 3.63) is 40.9 Å². The topological polar surface area (TPSA) is 102 Å².